The summed E-state index contributed by atoms with van der Waals surface area (Å²) in [6, 6.07) is 9.19. The van der Waals surface area contributed by atoms with Crippen molar-refractivity contribution in [2.45, 2.75) is 26.8 Å². The summed E-state index contributed by atoms with van der Waals surface area (Å²) >= 11 is 1.38. The molecule has 0 radical (unpaired) electrons. The first-order chi connectivity index (χ1) is 12.1. The number of hydrogen-bond acceptors (Lipinski definition) is 6. The molecule has 0 aliphatic rings. The number of rotatable bonds is 6. The third-order valence-electron chi connectivity index (χ3n) is 3.59. The van der Waals surface area contributed by atoms with Crippen molar-refractivity contribution in [1.29, 1.82) is 0 Å². The molecule has 0 atom stereocenters. The molecule has 0 saturated carbocycles. The van der Waals surface area contributed by atoms with Gasteiger partial charge >= 0.3 is 5.97 Å². The Morgan fingerprint density at radius 1 is 1.28 bits per heavy atom. The van der Waals surface area contributed by atoms with Gasteiger partial charge in [0.1, 0.15) is 17.1 Å². The summed E-state index contributed by atoms with van der Waals surface area (Å²) in [4.78, 5) is 25.5. The molecule has 3 rings (SSSR count). The van der Waals surface area contributed by atoms with Gasteiger partial charge in [-0.2, -0.15) is 0 Å². The number of thiophene rings is 1. The van der Waals surface area contributed by atoms with Gasteiger partial charge in [0.2, 0.25) is 5.91 Å². The maximum Gasteiger partial charge on any atom is 0.341 e. The van der Waals surface area contributed by atoms with Crippen LogP contribution in [0.3, 0.4) is 0 Å². The lowest BCUT2D eigenvalue weighted by Crippen LogP contribution is -2.20. The normalized spacial score (nSPS) is 10.8. The van der Waals surface area contributed by atoms with Crippen LogP contribution in [0.4, 0.5) is 5.00 Å². The standard InChI is InChI=1S/C17H18N4O3S/c1-3-11-9-12(17(23)24-4-2)16(25-11)18-15(22)10-21-14-8-6-5-7-13(14)19-20-21/h5-9H,3-4,10H2,1-2H3,(H,18,22). The Morgan fingerprint density at radius 2 is 2.08 bits per heavy atom. The molecule has 0 bridgehead atoms. The SMILES string of the molecule is CCOC(=O)c1cc(CC)sc1NC(=O)Cn1nnc2ccccc21. The first-order valence-electron chi connectivity index (χ1n) is 8.00. The van der Waals surface area contributed by atoms with Crippen molar-refractivity contribution in [1.82, 2.24) is 15.0 Å². The van der Waals surface area contributed by atoms with Gasteiger partial charge in [0.25, 0.3) is 0 Å². The van der Waals surface area contributed by atoms with Crippen LogP contribution >= 0.6 is 11.3 Å². The summed E-state index contributed by atoms with van der Waals surface area (Å²) in [5.41, 5.74) is 1.90. The van der Waals surface area contributed by atoms with Crippen LogP contribution in [0, 0.1) is 0 Å². The number of carbonyl (C=O) groups is 2. The third kappa shape index (κ3) is 3.69. The average Bonchev–Trinajstić information content (AvgIpc) is 3.19. The summed E-state index contributed by atoms with van der Waals surface area (Å²) < 4.78 is 6.59. The monoisotopic (exact) mass is 358 g/mol. The highest BCUT2D eigenvalue weighted by molar-refractivity contribution is 7.16. The van der Waals surface area contributed by atoms with E-state index in [0.29, 0.717) is 10.6 Å². The molecule has 130 valence electrons. The Labute approximate surface area is 148 Å². The van der Waals surface area contributed by atoms with Crippen LogP contribution in [0.25, 0.3) is 11.0 Å². The van der Waals surface area contributed by atoms with Crippen LogP contribution in [0.2, 0.25) is 0 Å². The number of benzene rings is 1. The highest BCUT2D eigenvalue weighted by Gasteiger charge is 2.19. The molecule has 0 spiro atoms. The zero-order chi connectivity index (χ0) is 17.8. The van der Waals surface area contributed by atoms with Gasteiger partial charge in [-0.1, -0.05) is 24.3 Å². The van der Waals surface area contributed by atoms with Crippen molar-refractivity contribution < 1.29 is 14.3 Å². The molecule has 8 heteroatoms. The topological polar surface area (TPSA) is 86.1 Å². The molecule has 1 amide bonds. The number of nitrogens with zero attached hydrogens (tertiary/aromatic N) is 3. The van der Waals surface area contributed by atoms with E-state index in [1.807, 2.05) is 31.2 Å². The van der Waals surface area contributed by atoms with Crippen molar-refractivity contribution in [2.24, 2.45) is 0 Å². The smallest absolute Gasteiger partial charge is 0.341 e. The number of aromatic nitrogens is 3. The minimum Gasteiger partial charge on any atom is -0.462 e. The van der Waals surface area contributed by atoms with Gasteiger partial charge in [-0.15, -0.1) is 16.4 Å². The van der Waals surface area contributed by atoms with Crippen molar-refractivity contribution in [3.05, 3.63) is 40.8 Å². The molecule has 0 fully saturated rings. The molecule has 0 saturated heterocycles. The lowest BCUT2D eigenvalue weighted by atomic mass is 10.2. The fourth-order valence-corrected chi connectivity index (χ4v) is 3.41. The van der Waals surface area contributed by atoms with Gasteiger partial charge in [0, 0.05) is 4.88 Å². The van der Waals surface area contributed by atoms with Gasteiger partial charge in [-0.25, -0.2) is 9.48 Å². The molecule has 1 aromatic carbocycles. The number of amides is 1. The summed E-state index contributed by atoms with van der Waals surface area (Å²) in [6.07, 6.45) is 0.778. The Balaban J connectivity index is 1.78. The number of ether oxygens (including phenoxy) is 1. The Morgan fingerprint density at radius 3 is 2.84 bits per heavy atom. The largest absolute Gasteiger partial charge is 0.462 e. The molecule has 1 N–H and O–H groups in total. The first kappa shape index (κ1) is 17.1. The van der Waals surface area contributed by atoms with E-state index in [2.05, 4.69) is 15.6 Å². The second-order valence-corrected chi connectivity index (χ2v) is 6.45. The van der Waals surface area contributed by atoms with Crippen LogP contribution in [0.5, 0.6) is 0 Å². The number of carbonyl (C=O) groups excluding carboxylic acids is 2. The first-order valence-corrected chi connectivity index (χ1v) is 8.82. The van der Waals surface area contributed by atoms with E-state index >= 15 is 0 Å². The highest BCUT2D eigenvalue weighted by atomic mass is 32.1. The van der Waals surface area contributed by atoms with Crippen LogP contribution in [0.15, 0.2) is 30.3 Å². The average molecular weight is 358 g/mol. The molecule has 0 aliphatic heterocycles. The molecule has 3 aromatic rings. The summed E-state index contributed by atoms with van der Waals surface area (Å²) in [7, 11) is 0. The Bertz CT molecular complexity index is 916. The van der Waals surface area contributed by atoms with Crippen molar-refractivity contribution in [2.75, 3.05) is 11.9 Å². The molecular formula is C17H18N4O3S. The minimum atomic E-state index is -0.431. The molecule has 25 heavy (non-hydrogen) atoms. The number of anilines is 1. The lowest BCUT2D eigenvalue weighted by Gasteiger charge is -2.06. The minimum absolute atomic E-state index is 0.0160. The molecular weight excluding hydrogens is 340 g/mol. The van der Waals surface area contributed by atoms with Crippen molar-refractivity contribution >= 4 is 39.2 Å². The van der Waals surface area contributed by atoms with Gasteiger partial charge in [-0.05, 0) is 31.5 Å². The summed E-state index contributed by atoms with van der Waals surface area (Å²) in [5, 5.41) is 11.3. The van der Waals surface area contributed by atoms with Crippen LogP contribution in [-0.4, -0.2) is 33.5 Å². The van der Waals surface area contributed by atoms with Crippen molar-refractivity contribution in [3.63, 3.8) is 0 Å². The van der Waals surface area contributed by atoms with E-state index in [1.165, 1.54) is 16.0 Å². The quantitative estimate of drug-likeness (QED) is 0.685. The van der Waals surface area contributed by atoms with Crippen LogP contribution < -0.4 is 5.32 Å². The lowest BCUT2D eigenvalue weighted by molar-refractivity contribution is -0.116. The van der Waals surface area contributed by atoms with Gasteiger partial charge < -0.3 is 10.1 Å². The van der Waals surface area contributed by atoms with Gasteiger partial charge in [0.05, 0.1) is 17.7 Å². The maximum atomic E-state index is 12.4. The van der Waals surface area contributed by atoms with Gasteiger partial charge in [0.15, 0.2) is 0 Å². The fraction of sp³-hybridized carbons (Fsp3) is 0.294. The summed E-state index contributed by atoms with van der Waals surface area (Å²) in [6.45, 7) is 4.05. The highest BCUT2D eigenvalue weighted by Crippen LogP contribution is 2.29. The fourth-order valence-electron chi connectivity index (χ4n) is 2.41. The Hall–Kier alpha value is -2.74. The van der Waals surface area contributed by atoms with Crippen LogP contribution in [-0.2, 0) is 22.5 Å². The zero-order valence-electron chi connectivity index (χ0n) is 14.0. The second-order valence-electron chi connectivity index (χ2n) is 5.31. The molecule has 0 unspecified atom stereocenters. The molecule has 2 heterocycles. The van der Waals surface area contributed by atoms with E-state index in [1.54, 1.807) is 13.0 Å². The molecule has 2 aromatic heterocycles. The number of fused-ring (bicyclic) bond motifs is 1. The number of nitrogens with one attached hydrogen (secondary N) is 1. The number of hydrogen-bond donors (Lipinski definition) is 1. The molecule has 7 nitrogen and oxygen atoms in total. The van der Waals surface area contributed by atoms with E-state index in [4.69, 9.17) is 4.74 Å². The van der Waals surface area contributed by atoms with E-state index < -0.39 is 5.97 Å². The van der Waals surface area contributed by atoms with Gasteiger partial charge in [-0.3, -0.25) is 4.79 Å². The zero-order valence-corrected chi connectivity index (χ0v) is 14.8. The Kier molecular flexibility index (Phi) is 5.08. The number of aryl methyl sites for hydroxylation is 1. The summed E-state index contributed by atoms with van der Waals surface area (Å²) in [5.74, 6) is -0.703. The van der Waals surface area contributed by atoms with Crippen LogP contribution in [0.1, 0.15) is 29.1 Å². The number of para-hydroxylation sites is 1. The van der Waals surface area contributed by atoms with E-state index in [-0.39, 0.29) is 19.1 Å². The number of esters is 1. The maximum absolute atomic E-state index is 12.4. The second kappa shape index (κ2) is 7.43. The van der Waals surface area contributed by atoms with Crippen molar-refractivity contribution in [3.8, 4) is 0 Å². The predicted molar refractivity (Wildman–Crippen MR) is 95.8 cm³/mol. The predicted octanol–water partition coefficient (Wildman–Crippen LogP) is 2.87. The van der Waals surface area contributed by atoms with E-state index in [0.717, 1.165) is 22.3 Å². The third-order valence-corrected chi connectivity index (χ3v) is 4.79. The van der Waals surface area contributed by atoms with E-state index in [9.17, 15) is 9.59 Å². The molecule has 0 aliphatic carbocycles.